The molecular formula is C19H22N6O. The summed E-state index contributed by atoms with van der Waals surface area (Å²) in [7, 11) is 0. The van der Waals surface area contributed by atoms with Crippen molar-refractivity contribution in [3.05, 3.63) is 71.6 Å². The number of carbonyl (C=O) groups excluding carboxylic acids is 1. The molecule has 0 radical (unpaired) electrons. The molecule has 1 aliphatic rings. The van der Waals surface area contributed by atoms with E-state index in [0.29, 0.717) is 18.2 Å². The highest BCUT2D eigenvalue weighted by Gasteiger charge is 2.20. The number of aromatic amines is 1. The first-order valence-electron chi connectivity index (χ1n) is 8.86. The number of rotatable bonds is 6. The van der Waals surface area contributed by atoms with E-state index in [4.69, 9.17) is 0 Å². The molecule has 134 valence electrons. The van der Waals surface area contributed by atoms with E-state index in [-0.39, 0.29) is 5.91 Å². The maximum Gasteiger partial charge on any atom is 0.272 e. The average Bonchev–Trinajstić information content (AvgIpc) is 3.41. The van der Waals surface area contributed by atoms with Crippen LogP contribution in [0.5, 0.6) is 0 Å². The topological polar surface area (TPSA) is 87.6 Å². The van der Waals surface area contributed by atoms with E-state index in [0.717, 1.165) is 42.9 Å². The van der Waals surface area contributed by atoms with Crippen molar-refractivity contribution < 1.29 is 4.79 Å². The molecule has 0 aliphatic carbocycles. The Morgan fingerprint density at radius 1 is 1.31 bits per heavy atom. The molecule has 1 fully saturated rings. The second-order valence-electron chi connectivity index (χ2n) is 6.58. The fourth-order valence-corrected chi connectivity index (χ4v) is 3.31. The van der Waals surface area contributed by atoms with E-state index < -0.39 is 0 Å². The molecule has 0 bridgehead atoms. The van der Waals surface area contributed by atoms with Crippen LogP contribution >= 0.6 is 0 Å². The Bertz CT molecular complexity index is 864. The van der Waals surface area contributed by atoms with E-state index in [1.54, 1.807) is 12.5 Å². The summed E-state index contributed by atoms with van der Waals surface area (Å²) in [5.41, 5.74) is 3.72. The standard InChI is InChI=1S/C19H22N6O/c26-19(18-9-17(23-24-18)15-5-6-20-10-15)22-11-14-3-1-2-4-16(14)12-25-8-7-21-13-25/h1-4,7-9,13,15,20H,5-6,10-12H2,(H,22,26)(H,23,24). The van der Waals surface area contributed by atoms with Gasteiger partial charge in [0, 0.05) is 43.6 Å². The Morgan fingerprint density at radius 3 is 2.96 bits per heavy atom. The van der Waals surface area contributed by atoms with Crippen molar-refractivity contribution in [3.63, 3.8) is 0 Å². The minimum absolute atomic E-state index is 0.157. The Kier molecular flexibility index (Phi) is 4.79. The van der Waals surface area contributed by atoms with Gasteiger partial charge >= 0.3 is 0 Å². The van der Waals surface area contributed by atoms with Gasteiger partial charge in [0.15, 0.2) is 0 Å². The lowest BCUT2D eigenvalue weighted by molar-refractivity contribution is 0.0946. The van der Waals surface area contributed by atoms with E-state index in [2.05, 4.69) is 31.9 Å². The summed E-state index contributed by atoms with van der Waals surface area (Å²) in [4.78, 5) is 16.5. The van der Waals surface area contributed by atoms with Gasteiger partial charge in [-0.05, 0) is 30.2 Å². The number of hydrogen-bond acceptors (Lipinski definition) is 4. The van der Waals surface area contributed by atoms with Crippen molar-refractivity contribution in [1.29, 1.82) is 0 Å². The summed E-state index contributed by atoms with van der Waals surface area (Å²) in [6.07, 6.45) is 6.56. The molecule has 1 unspecified atom stereocenters. The van der Waals surface area contributed by atoms with Gasteiger partial charge in [0.1, 0.15) is 5.69 Å². The minimum atomic E-state index is -0.157. The van der Waals surface area contributed by atoms with Gasteiger partial charge in [-0.25, -0.2) is 4.98 Å². The molecule has 1 amide bonds. The summed E-state index contributed by atoms with van der Waals surface area (Å²) in [6, 6.07) is 9.96. The first-order chi connectivity index (χ1) is 12.8. The number of amides is 1. The Morgan fingerprint density at radius 2 is 2.19 bits per heavy atom. The average molecular weight is 350 g/mol. The van der Waals surface area contributed by atoms with E-state index >= 15 is 0 Å². The van der Waals surface area contributed by atoms with Crippen molar-refractivity contribution >= 4 is 5.91 Å². The first kappa shape index (κ1) is 16.5. The van der Waals surface area contributed by atoms with Crippen molar-refractivity contribution in [2.24, 2.45) is 0 Å². The van der Waals surface area contributed by atoms with E-state index in [1.807, 2.05) is 35.0 Å². The number of carbonyl (C=O) groups is 1. The van der Waals surface area contributed by atoms with Crippen molar-refractivity contribution in [2.45, 2.75) is 25.4 Å². The lowest BCUT2D eigenvalue weighted by Crippen LogP contribution is -2.24. The van der Waals surface area contributed by atoms with Crippen molar-refractivity contribution in [3.8, 4) is 0 Å². The predicted molar refractivity (Wildman–Crippen MR) is 97.8 cm³/mol. The second-order valence-corrected chi connectivity index (χ2v) is 6.58. The molecule has 1 aliphatic heterocycles. The summed E-state index contributed by atoms with van der Waals surface area (Å²) in [6.45, 7) is 3.15. The SMILES string of the molecule is O=C(NCc1ccccc1Cn1ccnc1)c1cc(C2CCNC2)[nH]n1. The minimum Gasteiger partial charge on any atom is -0.347 e. The van der Waals surface area contributed by atoms with Crippen LogP contribution in [0.2, 0.25) is 0 Å². The number of hydrogen-bond donors (Lipinski definition) is 3. The van der Waals surface area contributed by atoms with Crippen LogP contribution in [0.3, 0.4) is 0 Å². The molecule has 7 heteroatoms. The molecule has 7 nitrogen and oxygen atoms in total. The van der Waals surface area contributed by atoms with Gasteiger partial charge in [-0.3, -0.25) is 9.89 Å². The summed E-state index contributed by atoms with van der Waals surface area (Å²) in [5.74, 6) is 0.260. The fraction of sp³-hybridized carbons (Fsp3) is 0.316. The Hall–Kier alpha value is -2.93. The van der Waals surface area contributed by atoms with Gasteiger partial charge in [0.2, 0.25) is 0 Å². The Labute approximate surface area is 151 Å². The largest absolute Gasteiger partial charge is 0.347 e. The normalized spacial score (nSPS) is 16.7. The van der Waals surface area contributed by atoms with Crippen LogP contribution in [0.15, 0.2) is 49.1 Å². The molecule has 3 heterocycles. The highest BCUT2D eigenvalue weighted by Crippen LogP contribution is 2.20. The molecule has 1 saturated heterocycles. The van der Waals surface area contributed by atoms with Crippen LogP contribution < -0.4 is 10.6 Å². The third-order valence-corrected chi connectivity index (χ3v) is 4.80. The molecule has 1 atom stereocenters. The van der Waals surface area contributed by atoms with Crippen LogP contribution in [0.25, 0.3) is 0 Å². The summed E-state index contributed by atoms with van der Waals surface area (Å²) in [5, 5.41) is 13.5. The monoisotopic (exact) mass is 350 g/mol. The quantitative estimate of drug-likeness (QED) is 0.631. The molecule has 3 N–H and O–H groups in total. The number of benzene rings is 1. The van der Waals surface area contributed by atoms with Crippen LogP contribution in [0.4, 0.5) is 0 Å². The lowest BCUT2D eigenvalue weighted by Gasteiger charge is -2.10. The first-order valence-corrected chi connectivity index (χ1v) is 8.86. The molecule has 3 aromatic rings. The maximum atomic E-state index is 12.5. The lowest BCUT2D eigenvalue weighted by atomic mass is 10.0. The van der Waals surface area contributed by atoms with Gasteiger partial charge in [-0.2, -0.15) is 5.10 Å². The highest BCUT2D eigenvalue weighted by atomic mass is 16.1. The zero-order valence-corrected chi connectivity index (χ0v) is 14.5. The second kappa shape index (κ2) is 7.53. The fourth-order valence-electron chi connectivity index (χ4n) is 3.31. The van der Waals surface area contributed by atoms with Gasteiger partial charge in [0.05, 0.1) is 6.33 Å². The number of H-pyrrole nitrogens is 1. The molecular weight excluding hydrogens is 328 g/mol. The summed E-state index contributed by atoms with van der Waals surface area (Å²) < 4.78 is 2.01. The Balaban J connectivity index is 1.40. The predicted octanol–water partition coefficient (Wildman–Crippen LogP) is 1.66. The molecule has 2 aromatic heterocycles. The molecule has 0 spiro atoms. The van der Waals surface area contributed by atoms with Gasteiger partial charge in [-0.15, -0.1) is 0 Å². The van der Waals surface area contributed by atoms with Crippen LogP contribution in [-0.4, -0.2) is 38.7 Å². The molecule has 26 heavy (non-hydrogen) atoms. The van der Waals surface area contributed by atoms with Gasteiger partial charge in [-0.1, -0.05) is 24.3 Å². The summed E-state index contributed by atoms with van der Waals surface area (Å²) >= 11 is 0. The van der Waals surface area contributed by atoms with Crippen LogP contribution in [0, 0.1) is 0 Å². The smallest absolute Gasteiger partial charge is 0.272 e. The number of nitrogens with zero attached hydrogens (tertiary/aromatic N) is 3. The highest BCUT2D eigenvalue weighted by molar-refractivity contribution is 5.92. The maximum absolute atomic E-state index is 12.5. The zero-order valence-electron chi connectivity index (χ0n) is 14.5. The molecule has 1 aromatic carbocycles. The van der Waals surface area contributed by atoms with Gasteiger partial charge < -0.3 is 15.2 Å². The van der Waals surface area contributed by atoms with Crippen LogP contribution in [-0.2, 0) is 13.1 Å². The molecule has 0 saturated carbocycles. The molecule has 4 rings (SSSR count). The van der Waals surface area contributed by atoms with E-state index in [1.165, 1.54) is 0 Å². The van der Waals surface area contributed by atoms with Gasteiger partial charge in [0.25, 0.3) is 5.91 Å². The third kappa shape index (κ3) is 3.67. The number of imidazole rings is 1. The number of aromatic nitrogens is 4. The van der Waals surface area contributed by atoms with Crippen molar-refractivity contribution in [2.75, 3.05) is 13.1 Å². The van der Waals surface area contributed by atoms with E-state index in [9.17, 15) is 4.79 Å². The van der Waals surface area contributed by atoms with Crippen molar-refractivity contribution in [1.82, 2.24) is 30.4 Å². The number of nitrogens with one attached hydrogen (secondary N) is 3. The third-order valence-electron chi connectivity index (χ3n) is 4.80. The van der Waals surface area contributed by atoms with Crippen LogP contribution in [0.1, 0.15) is 39.6 Å². The zero-order chi connectivity index (χ0) is 17.8.